The molecule has 0 saturated carbocycles. The van der Waals surface area contributed by atoms with E-state index in [1.54, 1.807) is 36.5 Å². The molecular weight excluding hydrogens is 485 g/mol. The Labute approximate surface area is 203 Å². The molecule has 0 fully saturated rings. The van der Waals surface area contributed by atoms with Gasteiger partial charge in [-0.3, -0.25) is 0 Å². The molecule has 35 heavy (non-hydrogen) atoms. The van der Waals surface area contributed by atoms with Crippen molar-refractivity contribution in [2.75, 3.05) is 14.2 Å². The number of aliphatic hydroxyl groups is 1. The summed E-state index contributed by atoms with van der Waals surface area (Å²) in [5.74, 6) is 5.79. The van der Waals surface area contributed by atoms with Gasteiger partial charge in [0, 0.05) is 39.7 Å². The van der Waals surface area contributed by atoms with E-state index < -0.39 is 29.9 Å². The first kappa shape index (κ1) is 26.3. The number of alkyl halides is 3. The van der Waals surface area contributed by atoms with Gasteiger partial charge >= 0.3 is 12.1 Å². The minimum absolute atomic E-state index is 0.000820. The Hall–Kier alpha value is -3.35. The summed E-state index contributed by atoms with van der Waals surface area (Å²) in [7, 11) is 2.79. The average Bonchev–Trinajstić information content (AvgIpc) is 3.20. The quantitative estimate of drug-likeness (QED) is 0.237. The third-order valence-electron chi connectivity index (χ3n) is 5.49. The van der Waals surface area contributed by atoms with Crippen LogP contribution in [0.3, 0.4) is 0 Å². The number of hydrogen-bond acceptors (Lipinski definition) is 9. The lowest BCUT2D eigenvalue weighted by Gasteiger charge is -2.30. The molecule has 2 aromatic heterocycles. The highest BCUT2D eigenvalue weighted by Gasteiger charge is 2.54. The van der Waals surface area contributed by atoms with Gasteiger partial charge in [0.2, 0.25) is 11.5 Å². The van der Waals surface area contributed by atoms with E-state index in [1.165, 1.54) is 32.5 Å². The zero-order valence-corrected chi connectivity index (χ0v) is 20.0. The van der Waals surface area contributed by atoms with Crippen LogP contribution in [-0.2, 0) is 11.3 Å². The zero-order chi connectivity index (χ0) is 26.0. The largest absolute Gasteiger partial charge is 0.481 e. The van der Waals surface area contributed by atoms with Crippen molar-refractivity contribution in [1.82, 2.24) is 9.99 Å². The van der Waals surface area contributed by atoms with Crippen LogP contribution in [0.5, 0.6) is 5.88 Å². The summed E-state index contributed by atoms with van der Waals surface area (Å²) < 4.78 is 50.5. The number of hydrogen-bond donors (Lipinski definition) is 3. The second kappa shape index (κ2) is 10.1. The van der Waals surface area contributed by atoms with Gasteiger partial charge in [-0.25, -0.2) is 15.6 Å². The van der Waals surface area contributed by atoms with Crippen molar-refractivity contribution in [3.8, 4) is 17.0 Å². The average molecular weight is 511 g/mol. The number of halogens is 3. The van der Waals surface area contributed by atoms with Crippen molar-refractivity contribution < 1.29 is 32.5 Å². The van der Waals surface area contributed by atoms with Gasteiger partial charge in [0.25, 0.3) is 0 Å². The maximum atomic E-state index is 13.2. The highest BCUT2D eigenvalue weighted by molar-refractivity contribution is 7.21. The fourth-order valence-corrected chi connectivity index (χ4v) is 4.73. The van der Waals surface area contributed by atoms with Gasteiger partial charge in [-0.05, 0) is 24.1 Å². The van der Waals surface area contributed by atoms with E-state index in [2.05, 4.69) is 4.98 Å². The Bertz CT molecular complexity index is 1240. The molecule has 8 nitrogen and oxygen atoms in total. The number of aromatic nitrogens is 1. The van der Waals surface area contributed by atoms with Gasteiger partial charge in [-0.1, -0.05) is 19.1 Å². The molecule has 0 aliphatic heterocycles. The SMILES string of the molecule is CCC(O)(/C(N)=C/N(N)Cc1ccc2c(-c3ccc(OC)nc3)c(C(=O)OC)sc2c1)C(F)(F)F. The molecule has 0 saturated heterocycles. The number of pyridine rings is 1. The highest BCUT2D eigenvalue weighted by Crippen LogP contribution is 2.40. The second-order valence-corrected chi connectivity index (χ2v) is 8.74. The molecule has 3 rings (SSSR count). The third-order valence-corrected chi connectivity index (χ3v) is 6.62. The third kappa shape index (κ3) is 5.19. The lowest BCUT2D eigenvalue weighted by Crippen LogP contribution is -2.49. The number of fused-ring (bicyclic) bond motifs is 1. The van der Waals surface area contributed by atoms with Crippen molar-refractivity contribution in [1.29, 1.82) is 0 Å². The van der Waals surface area contributed by atoms with Crippen molar-refractivity contribution in [3.63, 3.8) is 0 Å². The van der Waals surface area contributed by atoms with Crippen LogP contribution < -0.4 is 16.3 Å². The van der Waals surface area contributed by atoms with Gasteiger partial charge in [-0.15, -0.1) is 11.3 Å². The van der Waals surface area contributed by atoms with Crippen LogP contribution in [-0.4, -0.2) is 47.1 Å². The molecule has 5 N–H and O–H groups in total. The summed E-state index contributed by atoms with van der Waals surface area (Å²) in [5, 5.41) is 11.7. The predicted molar refractivity (Wildman–Crippen MR) is 126 cm³/mol. The molecular formula is C23H25F3N4O4S. The molecule has 188 valence electrons. The molecule has 0 aliphatic carbocycles. The fourth-order valence-electron chi connectivity index (χ4n) is 3.52. The number of thiophene rings is 1. The number of nitrogens with zero attached hydrogens (tertiary/aromatic N) is 2. The maximum Gasteiger partial charge on any atom is 0.422 e. The van der Waals surface area contributed by atoms with Gasteiger partial charge in [0.05, 0.1) is 26.5 Å². The van der Waals surface area contributed by atoms with E-state index in [4.69, 9.17) is 21.1 Å². The molecule has 0 spiro atoms. The zero-order valence-electron chi connectivity index (χ0n) is 19.2. The number of carbonyl (C=O) groups excluding carboxylic acids is 1. The molecule has 12 heteroatoms. The summed E-state index contributed by atoms with van der Waals surface area (Å²) in [6.07, 6.45) is -3.15. The molecule has 1 aromatic carbocycles. The Balaban J connectivity index is 1.97. The first-order chi connectivity index (χ1) is 16.4. The molecule has 0 radical (unpaired) electrons. The van der Waals surface area contributed by atoms with E-state index in [0.717, 1.165) is 21.3 Å². The first-order valence-electron chi connectivity index (χ1n) is 10.4. The summed E-state index contributed by atoms with van der Waals surface area (Å²) in [6, 6.07) is 8.74. The molecule has 2 heterocycles. The molecule has 3 aromatic rings. The highest BCUT2D eigenvalue weighted by atomic mass is 32.1. The number of rotatable bonds is 8. The molecule has 0 aliphatic rings. The van der Waals surface area contributed by atoms with Gasteiger partial charge in [0.15, 0.2) is 0 Å². The number of ether oxygens (including phenoxy) is 2. The number of carbonyl (C=O) groups is 1. The number of hydrazine groups is 1. The van der Waals surface area contributed by atoms with Crippen LogP contribution in [0.4, 0.5) is 13.2 Å². The molecule has 1 atom stereocenters. The molecule has 0 bridgehead atoms. The Morgan fingerprint density at radius 3 is 2.51 bits per heavy atom. The van der Waals surface area contributed by atoms with E-state index in [-0.39, 0.29) is 6.54 Å². The summed E-state index contributed by atoms with van der Waals surface area (Å²) in [4.78, 5) is 17.0. The van der Waals surface area contributed by atoms with E-state index in [1.807, 2.05) is 0 Å². The van der Waals surface area contributed by atoms with Crippen LogP contribution in [0.2, 0.25) is 0 Å². The fraction of sp³-hybridized carbons (Fsp3) is 0.304. The monoisotopic (exact) mass is 510 g/mol. The van der Waals surface area contributed by atoms with E-state index in [9.17, 15) is 23.1 Å². The van der Waals surface area contributed by atoms with Crippen LogP contribution in [0.25, 0.3) is 21.2 Å². The molecule has 1 unspecified atom stereocenters. The Kier molecular flexibility index (Phi) is 7.58. The van der Waals surface area contributed by atoms with E-state index >= 15 is 0 Å². The van der Waals surface area contributed by atoms with Crippen molar-refractivity contribution in [2.24, 2.45) is 11.6 Å². The lowest BCUT2D eigenvalue weighted by atomic mass is 9.96. The summed E-state index contributed by atoms with van der Waals surface area (Å²) in [6.45, 7) is 1.17. The van der Waals surface area contributed by atoms with Crippen molar-refractivity contribution in [2.45, 2.75) is 31.7 Å². The number of benzene rings is 1. The second-order valence-electron chi connectivity index (χ2n) is 7.69. The Morgan fingerprint density at radius 1 is 1.26 bits per heavy atom. The van der Waals surface area contributed by atoms with Gasteiger partial charge in [-0.2, -0.15) is 13.2 Å². The van der Waals surface area contributed by atoms with Crippen molar-refractivity contribution in [3.05, 3.63) is 58.9 Å². The summed E-state index contributed by atoms with van der Waals surface area (Å²) in [5.41, 5.74) is 3.54. The topological polar surface area (TPSA) is 124 Å². The van der Waals surface area contributed by atoms with Crippen molar-refractivity contribution >= 4 is 27.4 Å². The number of methoxy groups -OCH3 is 2. The number of nitrogens with two attached hydrogens (primary N) is 2. The summed E-state index contributed by atoms with van der Waals surface area (Å²) >= 11 is 1.21. The smallest absolute Gasteiger partial charge is 0.422 e. The number of esters is 1. The van der Waals surface area contributed by atoms with Gasteiger partial charge in [0.1, 0.15) is 4.88 Å². The minimum atomic E-state index is -4.95. The maximum absolute atomic E-state index is 13.2. The Morgan fingerprint density at radius 2 is 1.97 bits per heavy atom. The van der Waals surface area contributed by atoms with Crippen LogP contribution in [0, 0.1) is 0 Å². The normalized spacial score (nSPS) is 14.0. The van der Waals surface area contributed by atoms with E-state index in [0.29, 0.717) is 27.4 Å². The van der Waals surface area contributed by atoms with Crippen LogP contribution in [0.15, 0.2) is 48.4 Å². The van der Waals surface area contributed by atoms with Gasteiger partial charge < -0.3 is 25.3 Å². The molecule has 0 amide bonds. The standard InChI is InChI=1S/C23H25F3N4O4S/c1-4-22(32,23(24,25)26)17(27)12-30(28)11-13-5-7-15-16(9-13)35-20(21(31)34-3)19(15)14-6-8-18(33-2)29-10-14/h5-10,12,32H,4,11,27-28H2,1-3H3/b17-12-. The first-order valence-corrected chi connectivity index (χ1v) is 11.2. The van der Waals surface area contributed by atoms with Crippen LogP contribution in [0.1, 0.15) is 28.6 Å². The predicted octanol–water partition coefficient (Wildman–Crippen LogP) is 3.94. The minimum Gasteiger partial charge on any atom is -0.481 e. The van der Waals surface area contributed by atoms with Crippen LogP contribution >= 0.6 is 11.3 Å². The lowest BCUT2D eigenvalue weighted by molar-refractivity contribution is -0.245.